The number of amides is 1. The predicted octanol–water partition coefficient (Wildman–Crippen LogP) is 1.84. The van der Waals surface area contributed by atoms with E-state index in [1.54, 1.807) is 31.3 Å². The van der Waals surface area contributed by atoms with Crippen LogP contribution in [-0.4, -0.2) is 61.2 Å². The van der Waals surface area contributed by atoms with E-state index in [0.29, 0.717) is 25.3 Å². The number of H-pyrrole nitrogens is 1. The number of ether oxygens (including phenoxy) is 2. The topological polar surface area (TPSA) is 70.7 Å². The fraction of sp³-hybridized carbons (Fsp3) is 0.444. The summed E-state index contributed by atoms with van der Waals surface area (Å²) in [5.41, 5.74) is 2.54. The maximum atomic E-state index is 12.8. The van der Waals surface area contributed by atoms with Crippen LogP contribution in [0.25, 0.3) is 0 Å². The molecule has 1 amide bonds. The van der Waals surface area contributed by atoms with Gasteiger partial charge in [-0.1, -0.05) is 0 Å². The van der Waals surface area contributed by atoms with E-state index >= 15 is 0 Å². The van der Waals surface area contributed by atoms with E-state index in [-0.39, 0.29) is 5.91 Å². The highest BCUT2D eigenvalue weighted by Gasteiger charge is 2.20. The Balaban J connectivity index is 1.79. The van der Waals surface area contributed by atoms with Crippen molar-refractivity contribution in [2.75, 3.05) is 45.4 Å². The molecule has 1 aliphatic rings. The van der Waals surface area contributed by atoms with E-state index in [1.807, 2.05) is 19.1 Å². The Morgan fingerprint density at radius 2 is 2.16 bits per heavy atom. The Bertz CT molecular complexity index is 738. The van der Waals surface area contributed by atoms with Crippen LogP contribution < -0.4 is 9.64 Å². The van der Waals surface area contributed by atoms with Crippen molar-refractivity contribution in [3.8, 4) is 5.75 Å². The first-order valence-electron chi connectivity index (χ1n) is 8.35. The van der Waals surface area contributed by atoms with Gasteiger partial charge in [0.05, 0.1) is 32.6 Å². The molecule has 134 valence electrons. The molecule has 0 spiro atoms. The number of carbonyl (C=O) groups excluding carboxylic acids is 1. The van der Waals surface area contributed by atoms with Gasteiger partial charge >= 0.3 is 0 Å². The molecule has 7 nitrogen and oxygen atoms in total. The van der Waals surface area contributed by atoms with Crippen molar-refractivity contribution in [3.63, 3.8) is 0 Å². The predicted molar refractivity (Wildman–Crippen MR) is 95.1 cm³/mol. The zero-order valence-electron chi connectivity index (χ0n) is 14.9. The van der Waals surface area contributed by atoms with Gasteiger partial charge in [0.2, 0.25) is 0 Å². The van der Waals surface area contributed by atoms with Crippen LogP contribution in [0.5, 0.6) is 5.75 Å². The molecule has 0 atom stereocenters. The number of aryl methyl sites for hydroxylation is 1. The molecule has 2 aromatic rings. The Morgan fingerprint density at radius 1 is 1.40 bits per heavy atom. The third-order valence-electron chi connectivity index (χ3n) is 4.27. The number of aromatic nitrogens is 2. The highest BCUT2D eigenvalue weighted by Crippen LogP contribution is 2.30. The number of nitrogens with one attached hydrogen (secondary N) is 1. The Morgan fingerprint density at radius 3 is 2.80 bits per heavy atom. The molecule has 0 bridgehead atoms. The van der Waals surface area contributed by atoms with Crippen molar-refractivity contribution in [2.45, 2.75) is 13.5 Å². The lowest BCUT2D eigenvalue weighted by Crippen LogP contribution is -2.36. The largest absolute Gasteiger partial charge is 0.495 e. The smallest absolute Gasteiger partial charge is 0.254 e. The van der Waals surface area contributed by atoms with Gasteiger partial charge in [-0.15, -0.1) is 0 Å². The van der Waals surface area contributed by atoms with E-state index in [9.17, 15) is 4.79 Å². The van der Waals surface area contributed by atoms with E-state index in [0.717, 1.165) is 36.0 Å². The van der Waals surface area contributed by atoms with Crippen LogP contribution in [0.15, 0.2) is 24.4 Å². The molecule has 1 saturated heterocycles. The maximum absolute atomic E-state index is 12.8. The fourth-order valence-electron chi connectivity index (χ4n) is 2.94. The Kier molecular flexibility index (Phi) is 5.23. The van der Waals surface area contributed by atoms with Gasteiger partial charge in [-0.05, 0) is 25.1 Å². The summed E-state index contributed by atoms with van der Waals surface area (Å²) < 4.78 is 10.9. The van der Waals surface area contributed by atoms with Crippen LogP contribution in [0.4, 0.5) is 5.69 Å². The molecule has 1 aromatic heterocycles. The number of nitrogens with zero attached hydrogens (tertiary/aromatic N) is 3. The average molecular weight is 344 g/mol. The molecular weight excluding hydrogens is 320 g/mol. The first-order valence-corrected chi connectivity index (χ1v) is 8.35. The number of benzene rings is 1. The third-order valence-corrected chi connectivity index (χ3v) is 4.27. The lowest BCUT2D eigenvalue weighted by Gasteiger charge is -2.30. The second kappa shape index (κ2) is 7.57. The van der Waals surface area contributed by atoms with Crippen molar-refractivity contribution < 1.29 is 14.3 Å². The van der Waals surface area contributed by atoms with Gasteiger partial charge in [0, 0.05) is 37.6 Å². The lowest BCUT2D eigenvalue weighted by atomic mass is 10.1. The summed E-state index contributed by atoms with van der Waals surface area (Å²) in [5.74, 6) is 1.49. The number of carbonyl (C=O) groups is 1. The second-order valence-corrected chi connectivity index (χ2v) is 6.16. The number of anilines is 1. The second-order valence-electron chi connectivity index (χ2n) is 6.16. The van der Waals surface area contributed by atoms with Crippen molar-refractivity contribution in [2.24, 2.45) is 0 Å². The molecule has 1 aromatic carbocycles. The zero-order valence-corrected chi connectivity index (χ0v) is 14.9. The van der Waals surface area contributed by atoms with E-state index < -0.39 is 0 Å². The van der Waals surface area contributed by atoms with E-state index in [1.165, 1.54) is 0 Å². The number of hydrogen-bond donors (Lipinski definition) is 1. The molecule has 7 heteroatoms. The summed E-state index contributed by atoms with van der Waals surface area (Å²) in [5, 5.41) is 0. The van der Waals surface area contributed by atoms with Gasteiger partial charge in [-0.25, -0.2) is 4.98 Å². The molecule has 1 N–H and O–H groups in total. The van der Waals surface area contributed by atoms with Gasteiger partial charge in [-0.3, -0.25) is 4.79 Å². The molecule has 3 rings (SSSR count). The van der Waals surface area contributed by atoms with E-state index in [4.69, 9.17) is 9.47 Å². The normalized spacial score (nSPS) is 14.4. The number of imidazole rings is 1. The van der Waals surface area contributed by atoms with Gasteiger partial charge in [0.15, 0.2) is 0 Å². The number of morpholine rings is 1. The lowest BCUT2D eigenvalue weighted by molar-refractivity contribution is 0.0782. The van der Waals surface area contributed by atoms with E-state index in [2.05, 4.69) is 14.9 Å². The zero-order chi connectivity index (χ0) is 17.8. The Labute approximate surface area is 147 Å². The van der Waals surface area contributed by atoms with Crippen LogP contribution >= 0.6 is 0 Å². The molecule has 2 heterocycles. The van der Waals surface area contributed by atoms with Gasteiger partial charge in [0.25, 0.3) is 5.91 Å². The van der Waals surface area contributed by atoms with Crippen LogP contribution in [0.1, 0.15) is 21.9 Å². The standard InChI is InChI=1S/C18H24N4O3/c1-13-11-19-17(20-13)12-21(2)18(23)14-4-5-16(24-3)15(10-14)22-6-8-25-9-7-22/h4-5,10-11H,6-9,12H2,1-3H3,(H,19,20). The number of methoxy groups -OCH3 is 1. The molecule has 0 radical (unpaired) electrons. The summed E-state index contributed by atoms with van der Waals surface area (Å²) in [7, 11) is 3.42. The van der Waals surface area contributed by atoms with Crippen LogP contribution in [0.2, 0.25) is 0 Å². The van der Waals surface area contributed by atoms with Gasteiger partial charge in [0.1, 0.15) is 11.6 Å². The molecular formula is C18H24N4O3. The molecule has 1 fully saturated rings. The summed E-state index contributed by atoms with van der Waals surface area (Å²) in [4.78, 5) is 24.0. The van der Waals surface area contributed by atoms with Crippen molar-refractivity contribution in [1.29, 1.82) is 0 Å². The Hall–Kier alpha value is -2.54. The number of rotatable bonds is 5. The van der Waals surface area contributed by atoms with Gasteiger partial charge < -0.3 is 24.3 Å². The number of aromatic amines is 1. The SMILES string of the molecule is COc1ccc(C(=O)N(C)Cc2ncc(C)[nH]2)cc1N1CCOCC1. The maximum Gasteiger partial charge on any atom is 0.254 e. The summed E-state index contributed by atoms with van der Waals surface area (Å²) >= 11 is 0. The monoisotopic (exact) mass is 344 g/mol. The highest BCUT2D eigenvalue weighted by atomic mass is 16.5. The molecule has 0 saturated carbocycles. The molecule has 25 heavy (non-hydrogen) atoms. The molecule has 1 aliphatic heterocycles. The van der Waals surface area contributed by atoms with Crippen molar-refractivity contribution >= 4 is 11.6 Å². The summed E-state index contributed by atoms with van der Waals surface area (Å²) in [6, 6.07) is 5.55. The summed E-state index contributed by atoms with van der Waals surface area (Å²) in [6.07, 6.45) is 1.76. The average Bonchev–Trinajstić information content (AvgIpc) is 3.06. The number of hydrogen-bond acceptors (Lipinski definition) is 5. The van der Waals surface area contributed by atoms with Crippen LogP contribution in [0, 0.1) is 6.92 Å². The minimum atomic E-state index is -0.0498. The van der Waals surface area contributed by atoms with Crippen LogP contribution in [0.3, 0.4) is 0 Å². The van der Waals surface area contributed by atoms with Crippen molar-refractivity contribution in [3.05, 3.63) is 41.5 Å². The van der Waals surface area contributed by atoms with Gasteiger partial charge in [-0.2, -0.15) is 0 Å². The third kappa shape index (κ3) is 3.93. The summed E-state index contributed by atoms with van der Waals surface area (Å²) in [6.45, 7) is 5.31. The minimum absolute atomic E-state index is 0.0498. The minimum Gasteiger partial charge on any atom is -0.495 e. The highest BCUT2D eigenvalue weighted by molar-refractivity contribution is 5.95. The molecule has 0 aliphatic carbocycles. The first-order chi connectivity index (χ1) is 12.1. The fourth-order valence-corrected chi connectivity index (χ4v) is 2.94. The quantitative estimate of drug-likeness (QED) is 0.896. The molecule has 0 unspecified atom stereocenters. The van der Waals surface area contributed by atoms with Crippen molar-refractivity contribution in [1.82, 2.24) is 14.9 Å². The first kappa shape index (κ1) is 17.3. The van der Waals surface area contributed by atoms with Crippen LogP contribution in [-0.2, 0) is 11.3 Å².